The van der Waals surface area contributed by atoms with E-state index < -0.39 is 0 Å². The van der Waals surface area contributed by atoms with Crippen LogP contribution in [0.1, 0.15) is 48.5 Å². The smallest absolute Gasteiger partial charge is 0.168 e. The molecule has 2 heterocycles. The summed E-state index contributed by atoms with van der Waals surface area (Å²) in [4.78, 5) is 5.74. The van der Waals surface area contributed by atoms with Crippen LogP contribution in [0.15, 0.2) is 6.20 Å². The van der Waals surface area contributed by atoms with Gasteiger partial charge in [0.05, 0.1) is 19.3 Å². The van der Waals surface area contributed by atoms with Gasteiger partial charge in [0.2, 0.25) is 0 Å². The van der Waals surface area contributed by atoms with E-state index in [0.29, 0.717) is 12.1 Å². The van der Waals surface area contributed by atoms with Gasteiger partial charge in [-0.15, -0.1) is 11.3 Å². The summed E-state index contributed by atoms with van der Waals surface area (Å²) in [5.74, 6) is -0.251. The summed E-state index contributed by atoms with van der Waals surface area (Å²) in [7, 11) is 0. The Balaban J connectivity index is 1.52. The number of thiazole rings is 1. The molecule has 4 nitrogen and oxygen atoms in total. The highest BCUT2D eigenvalue weighted by Gasteiger charge is 2.40. The van der Waals surface area contributed by atoms with Crippen molar-refractivity contribution in [1.29, 1.82) is 0 Å². The number of rotatable bonds is 3. The van der Waals surface area contributed by atoms with Crippen LogP contribution in [0.4, 0.5) is 0 Å². The normalized spacial score (nSPS) is 24.9. The summed E-state index contributed by atoms with van der Waals surface area (Å²) in [6.45, 7) is 5.82. The molecule has 1 unspecified atom stereocenters. The minimum atomic E-state index is -0.251. The van der Waals surface area contributed by atoms with E-state index in [1.54, 1.807) is 11.3 Å². The van der Waals surface area contributed by atoms with Crippen LogP contribution in [0.5, 0.6) is 0 Å². The van der Waals surface area contributed by atoms with Crippen molar-refractivity contribution in [2.45, 2.75) is 57.4 Å². The molecule has 1 aromatic heterocycles. The van der Waals surface area contributed by atoms with Crippen molar-refractivity contribution in [3.05, 3.63) is 16.1 Å². The van der Waals surface area contributed by atoms with E-state index in [1.807, 2.05) is 6.20 Å². The standard InChI is InChI=1S/C14H22N2O2S/c1-10-9-15-13(19-10)11(2)16-12-3-5-14(6-4-12)17-7-8-18-14/h9,11-12,16H,3-8H2,1-2H3. The van der Waals surface area contributed by atoms with Crippen LogP contribution in [-0.4, -0.2) is 30.0 Å². The highest BCUT2D eigenvalue weighted by molar-refractivity contribution is 7.11. The first kappa shape index (κ1) is 13.5. The molecule has 1 aromatic rings. The number of ether oxygens (including phenoxy) is 2. The largest absolute Gasteiger partial charge is 0.348 e. The number of aromatic nitrogens is 1. The first-order valence-corrected chi connectivity index (χ1v) is 7.95. The topological polar surface area (TPSA) is 43.4 Å². The molecule has 0 radical (unpaired) electrons. The molecule has 2 aliphatic rings. The van der Waals surface area contributed by atoms with Crippen molar-refractivity contribution in [3.8, 4) is 0 Å². The summed E-state index contributed by atoms with van der Waals surface area (Å²) < 4.78 is 11.5. The van der Waals surface area contributed by atoms with Crippen molar-refractivity contribution in [2.24, 2.45) is 0 Å². The van der Waals surface area contributed by atoms with Gasteiger partial charge < -0.3 is 14.8 Å². The van der Waals surface area contributed by atoms with Gasteiger partial charge in [-0.05, 0) is 26.7 Å². The van der Waals surface area contributed by atoms with Crippen LogP contribution in [0.25, 0.3) is 0 Å². The van der Waals surface area contributed by atoms with Gasteiger partial charge in [-0.2, -0.15) is 0 Å². The van der Waals surface area contributed by atoms with Crippen molar-refractivity contribution in [3.63, 3.8) is 0 Å². The fraction of sp³-hybridized carbons (Fsp3) is 0.786. The molecule has 1 aliphatic carbocycles. The van der Waals surface area contributed by atoms with Gasteiger partial charge in [0.15, 0.2) is 5.79 Å². The maximum Gasteiger partial charge on any atom is 0.168 e. The lowest BCUT2D eigenvalue weighted by Crippen LogP contribution is -2.42. The minimum absolute atomic E-state index is 0.251. The lowest BCUT2D eigenvalue weighted by atomic mass is 9.89. The summed E-state index contributed by atoms with van der Waals surface area (Å²) >= 11 is 1.78. The Kier molecular flexibility index (Phi) is 3.89. The third kappa shape index (κ3) is 2.99. The van der Waals surface area contributed by atoms with E-state index in [-0.39, 0.29) is 5.79 Å². The molecule has 1 saturated heterocycles. The molecule has 0 aromatic carbocycles. The molecule has 1 saturated carbocycles. The highest BCUT2D eigenvalue weighted by Crippen LogP contribution is 2.36. The van der Waals surface area contributed by atoms with Gasteiger partial charge in [-0.3, -0.25) is 0 Å². The summed E-state index contributed by atoms with van der Waals surface area (Å²) in [6.07, 6.45) is 6.21. The number of hydrogen-bond donors (Lipinski definition) is 1. The zero-order valence-electron chi connectivity index (χ0n) is 11.6. The molecule has 2 fully saturated rings. The van der Waals surface area contributed by atoms with Crippen LogP contribution in [0, 0.1) is 6.92 Å². The lowest BCUT2D eigenvalue weighted by molar-refractivity contribution is -0.179. The van der Waals surface area contributed by atoms with E-state index in [0.717, 1.165) is 38.9 Å². The Labute approximate surface area is 118 Å². The predicted octanol–water partition coefficient (Wildman–Crippen LogP) is 2.79. The molecule has 1 aliphatic heterocycles. The number of nitrogens with zero attached hydrogens (tertiary/aromatic N) is 1. The van der Waals surface area contributed by atoms with Gasteiger partial charge in [0, 0.05) is 30.0 Å². The van der Waals surface area contributed by atoms with Crippen molar-refractivity contribution >= 4 is 11.3 Å². The third-order valence-corrected chi connectivity index (χ3v) is 5.15. The molecule has 1 spiro atoms. The van der Waals surface area contributed by atoms with Gasteiger partial charge in [0.1, 0.15) is 5.01 Å². The Morgan fingerprint density at radius 2 is 2.05 bits per heavy atom. The summed E-state index contributed by atoms with van der Waals surface area (Å²) in [6, 6.07) is 0.890. The number of nitrogens with one attached hydrogen (secondary N) is 1. The molecule has 0 bridgehead atoms. The van der Waals surface area contributed by atoms with E-state index in [4.69, 9.17) is 9.47 Å². The van der Waals surface area contributed by atoms with Crippen molar-refractivity contribution in [2.75, 3.05) is 13.2 Å². The van der Waals surface area contributed by atoms with Crippen LogP contribution < -0.4 is 5.32 Å². The molecule has 19 heavy (non-hydrogen) atoms. The first-order chi connectivity index (χ1) is 9.17. The van der Waals surface area contributed by atoms with Gasteiger partial charge in [0.25, 0.3) is 0 Å². The van der Waals surface area contributed by atoms with E-state index in [1.165, 1.54) is 9.88 Å². The Hall–Kier alpha value is -0.490. The first-order valence-electron chi connectivity index (χ1n) is 7.13. The average molecular weight is 282 g/mol. The molecule has 1 atom stereocenters. The maximum atomic E-state index is 5.76. The fourth-order valence-corrected chi connectivity index (χ4v) is 3.79. The van der Waals surface area contributed by atoms with Crippen molar-refractivity contribution in [1.82, 2.24) is 10.3 Å². The molecule has 5 heteroatoms. The van der Waals surface area contributed by atoms with E-state index in [2.05, 4.69) is 24.1 Å². The van der Waals surface area contributed by atoms with Crippen LogP contribution in [0.3, 0.4) is 0 Å². The zero-order chi connectivity index (χ0) is 13.3. The second-order valence-electron chi connectivity index (χ2n) is 5.58. The fourth-order valence-electron chi connectivity index (χ4n) is 3.01. The molecular formula is C14H22N2O2S. The zero-order valence-corrected chi connectivity index (χ0v) is 12.5. The quantitative estimate of drug-likeness (QED) is 0.926. The molecule has 1 N–H and O–H groups in total. The molecule has 0 amide bonds. The SMILES string of the molecule is Cc1cnc(C(C)NC2CCC3(CC2)OCCO3)s1. The molecular weight excluding hydrogens is 260 g/mol. The second kappa shape index (κ2) is 5.48. The Bertz CT molecular complexity index is 419. The third-order valence-electron chi connectivity index (χ3n) is 4.06. The summed E-state index contributed by atoms with van der Waals surface area (Å²) in [5, 5.41) is 4.88. The van der Waals surface area contributed by atoms with E-state index in [9.17, 15) is 0 Å². The van der Waals surface area contributed by atoms with Gasteiger partial charge in [-0.1, -0.05) is 0 Å². The van der Waals surface area contributed by atoms with E-state index >= 15 is 0 Å². The maximum absolute atomic E-state index is 5.76. The highest BCUT2D eigenvalue weighted by atomic mass is 32.1. The Morgan fingerprint density at radius 3 is 2.63 bits per heavy atom. The molecule has 3 rings (SSSR count). The van der Waals surface area contributed by atoms with Crippen molar-refractivity contribution < 1.29 is 9.47 Å². The lowest BCUT2D eigenvalue weighted by Gasteiger charge is -2.36. The number of hydrogen-bond acceptors (Lipinski definition) is 5. The molecule has 106 valence electrons. The van der Waals surface area contributed by atoms with Crippen LogP contribution >= 0.6 is 11.3 Å². The monoisotopic (exact) mass is 282 g/mol. The van der Waals surface area contributed by atoms with Gasteiger partial charge in [-0.25, -0.2) is 4.98 Å². The predicted molar refractivity (Wildman–Crippen MR) is 75.3 cm³/mol. The Morgan fingerprint density at radius 1 is 1.37 bits per heavy atom. The van der Waals surface area contributed by atoms with Crippen LogP contribution in [0.2, 0.25) is 0 Å². The van der Waals surface area contributed by atoms with Crippen LogP contribution in [-0.2, 0) is 9.47 Å². The second-order valence-corrected chi connectivity index (χ2v) is 6.85. The minimum Gasteiger partial charge on any atom is -0.348 e. The van der Waals surface area contributed by atoms with Gasteiger partial charge >= 0.3 is 0 Å². The average Bonchev–Trinajstić information content (AvgIpc) is 3.02. The number of aryl methyl sites for hydroxylation is 1. The summed E-state index contributed by atoms with van der Waals surface area (Å²) in [5.41, 5.74) is 0.